The largest absolute Gasteiger partial charge is 0.497 e. The molecule has 1 saturated heterocycles. The summed E-state index contributed by atoms with van der Waals surface area (Å²) in [6, 6.07) is 7.28. The summed E-state index contributed by atoms with van der Waals surface area (Å²) >= 11 is 0. The quantitative estimate of drug-likeness (QED) is 0.837. The van der Waals surface area contributed by atoms with Crippen molar-refractivity contribution in [3.8, 4) is 5.75 Å². The molecule has 2 amide bonds. The monoisotopic (exact) mass is 249 g/mol. The SMILES string of the molecule is COc1ccc(NC(=O)N2CCCC(N)C2)cc1. The average molecular weight is 249 g/mol. The predicted molar refractivity (Wildman–Crippen MR) is 70.8 cm³/mol. The van der Waals surface area contributed by atoms with Crippen LogP contribution < -0.4 is 15.8 Å². The van der Waals surface area contributed by atoms with Crippen LogP contribution in [0, 0.1) is 0 Å². The maximum Gasteiger partial charge on any atom is 0.321 e. The Morgan fingerprint density at radius 3 is 2.78 bits per heavy atom. The van der Waals surface area contributed by atoms with Gasteiger partial charge in [0.2, 0.25) is 0 Å². The smallest absolute Gasteiger partial charge is 0.321 e. The van der Waals surface area contributed by atoms with Gasteiger partial charge in [0, 0.05) is 24.8 Å². The van der Waals surface area contributed by atoms with Crippen molar-refractivity contribution in [2.24, 2.45) is 5.73 Å². The van der Waals surface area contributed by atoms with E-state index in [1.54, 1.807) is 12.0 Å². The van der Waals surface area contributed by atoms with Crippen LogP contribution in [-0.4, -0.2) is 37.2 Å². The number of amides is 2. The number of methoxy groups -OCH3 is 1. The molecule has 5 nitrogen and oxygen atoms in total. The number of ether oxygens (including phenoxy) is 1. The number of nitrogens with two attached hydrogens (primary N) is 1. The Balaban J connectivity index is 1.93. The highest BCUT2D eigenvalue weighted by Gasteiger charge is 2.20. The maximum atomic E-state index is 12.0. The van der Waals surface area contributed by atoms with Crippen molar-refractivity contribution in [1.29, 1.82) is 0 Å². The Labute approximate surface area is 107 Å². The summed E-state index contributed by atoms with van der Waals surface area (Å²) in [6.45, 7) is 1.40. The fourth-order valence-electron chi connectivity index (χ4n) is 2.07. The van der Waals surface area contributed by atoms with E-state index in [-0.39, 0.29) is 12.1 Å². The van der Waals surface area contributed by atoms with Gasteiger partial charge in [-0.1, -0.05) is 0 Å². The van der Waals surface area contributed by atoms with E-state index in [4.69, 9.17) is 10.5 Å². The highest BCUT2D eigenvalue weighted by atomic mass is 16.5. The van der Waals surface area contributed by atoms with Gasteiger partial charge in [0.25, 0.3) is 0 Å². The van der Waals surface area contributed by atoms with Gasteiger partial charge in [-0.05, 0) is 37.1 Å². The van der Waals surface area contributed by atoms with Crippen molar-refractivity contribution >= 4 is 11.7 Å². The number of likely N-dealkylation sites (tertiary alicyclic amines) is 1. The first-order valence-electron chi connectivity index (χ1n) is 6.14. The second kappa shape index (κ2) is 5.73. The number of benzene rings is 1. The molecule has 5 heteroatoms. The number of nitrogens with one attached hydrogen (secondary N) is 1. The Bertz CT molecular complexity index is 405. The van der Waals surface area contributed by atoms with E-state index in [0.29, 0.717) is 6.54 Å². The summed E-state index contributed by atoms with van der Waals surface area (Å²) in [5.41, 5.74) is 6.62. The fourth-order valence-corrected chi connectivity index (χ4v) is 2.07. The number of nitrogens with zero attached hydrogens (tertiary/aromatic N) is 1. The van der Waals surface area contributed by atoms with E-state index >= 15 is 0 Å². The Morgan fingerprint density at radius 2 is 2.17 bits per heavy atom. The van der Waals surface area contributed by atoms with Crippen LogP contribution in [0.2, 0.25) is 0 Å². The molecule has 3 N–H and O–H groups in total. The number of carbonyl (C=O) groups excluding carboxylic acids is 1. The van der Waals surface area contributed by atoms with Gasteiger partial charge in [-0.25, -0.2) is 4.79 Å². The zero-order chi connectivity index (χ0) is 13.0. The molecule has 1 unspecified atom stereocenters. The molecule has 98 valence electrons. The lowest BCUT2D eigenvalue weighted by Gasteiger charge is -2.30. The summed E-state index contributed by atoms with van der Waals surface area (Å²) in [7, 11) is 1.61. The third kappa shape index (κ3) is 3.13. The van der Waals surface area contributed by atoms with Gasteiger partial charge in [0.1, 0.15) is 5.75 Å². The zero-order valence-electron chi connectivity index (χ0n) is 10.6. The lowest BCUT2D eigenvalue weighted by molar-refractivity contribution is 0.193. The van der Waals surface area contributed by atoms with Crippen LogP contribution in [0.3, 0.4) is 0 Å². The van der Waals surface area contributed by atoms with Crippen LogP contribution in [0.5, 0.6) is 5.75 Å². The van der Waals surface area contributed by atoms with Crippen LogP contribution in [0.4, 0.5) is 10.5 Å². The minimum absolute atomic E-state index is 0.0877. The van der Waals surface area contributed by atoms with Gasteiger partial charge in [0.15, 0.2) is 0 Å². The number of hydrogen-bond acceptors (Lipinski definition) is 3. The van der Waals surface area contributed by atoms with Gasteiger partial charge in [-0.3, -0.25) is 0 Å². The molecule has 0 saturated carbocycles. The van der Waals surface area contributed by atoms with E-state index in [2.05, 4.69) is 5.32 Å². The van der Waals surface area contributed by atoms with Gasteiger partial charge in [0.05, 0.1) is 7.11 Å². The lowest BCUT2D eigenvalue weighted by atomic mass is 10.1. The lowest BCUT2D eigenvalue weighted by Crippen LogP contribution is -2.47. The van der Waals surface area contributed by atoms with E-state index in [1.165, 1.54) is 0 Å². The number of piperidine rings is 1. The molecular formula is C13H19N3O2. The molecule has 0 spiro atoms. The number of anilines is 1. The number of rotatable bonds is 2. The maximum absolute atomic E-state index is 12.0. The highest BCUT2D eigenvalue weighted by Crippen LogP contribution is 2.16. The average Bonchev–Trinajstić information content (AvgIpc) is 2.39. The molecule has 1 aromatic carbocycles. The Hall–Kier alpha value is -1.75. The first-order chi connectivity index (χ1) is 8.69. The molecule has 0 aromatic heterocycles. The molecular weight excluding hydrogens is 230 g/mol. The molecule has 18 heavy (non-hydrogen) atoms. The van der Waals surface area contributed by atoms with E-state index in [9.17, 15) is 4.79 Å². The molecule has 1 aliphatic heterocycles. The molecule has 0 aliphatic carbocycles. The standard InChI is InChI=1S/C13H19N3O2/c1-18-12-6-4-11(5-7-12)15-13(17)16-8-2-3-10(14)9-16/h4-7,10H,2-3,8-9,14H2,1H3,(H,15,17). The van der Waals surface area contributed by atoms with Gasteiger partial charge < -0.3 is 20.7 Å². The van der Waals surface area contributed by atoms with Crippen LogP contribution in [0.25, 0.3) is 0 Å². The third-order valence-electron chi connectivity index (χ3n) is 3.09. The van der Waals surface area contributed by atoms with E-state index in [1.807, 2.05) is 24.3 Å². The van der Waals surface area contributed by atoms with Crippen molar-refractivity contribution in [3.63, 3.8) is 0 Å². The van der Waals surface area contributed by atoms with Crippen molar-refractivity contribution in [1.82, 2.24) is 4.90 Å². The van der Waals surface area contributed by atoms with Gasteiger partial charge in [-0.2, -0.15) is 0 Å². The molecule has 1 fully saturated rings. The summed E-state index contributed by atoms with van der Waals surface area (Å²) < 4.78 is 5.06. The molecule has 1 aromatic rings. The second-order valence-corrected chi connectivity index (χ2v) is 4.51. The Morgan fingerprint density at radius 1 is 1.44 bits per heavy atom. The van der Waals surface area contributed by atoms with E-state index in [0.717, 1.165) is 30.8 Å². The molecule has 0 bridgehead atoms. The summed E-state index contributed by atoms with van der Waals surface area (Å²) in [6.07, 6.45) is 1.96. The van der Waals surface area contributed by atoms with Gasteiger partial charge in [-0.15, -0.1) is 0 Å². The molecule has 0 radical (unpaired) electrons. The third-order valence-corrected chi connectivity index (χ3v) is 3.09. The fraction of sp³-hybridized carbons (Fsp3) is 0.462. The zero-order valence-corrected chi connectivity index (χ0v) is 10.6. The minimum atomic E-state index is -0.0877. The first-order valence-corrected chi connectivity index (χ1v) is 6.14. The first kappa shape index (κ1) is 12.7. The molecule has 1 atom stereocenters. The van der Waals surface area contributed by atoms with Crippen LogP contribution in [0.1, 0.15) is 12.8 Å². The van der Waals surface area contributed by atoms with Crippen molar-refractivity contribution in [2.45, 2.75) is 18.9 Å². The summed E-state index contributed by atoms with van der Waals surface area (Å²) in [5, 5.41) is 2.86. The summed E-state index contributed by atoms with van der Waals surface area (Å²) in [4.78, 5) is 13.8. The normalized spacial score (nSPS) is 19.4. The second-order valence-electron chi connectivity index (χ2n) is 4.51. The highest BCUT2D eigenvalue weighted by molar-refractivity contribution is 5.89. The van der Waals surface area contributed by atoms with Crippen LogP contribution in [0.15, 0.2) is 24.3 Å². The molecule has 2 rings (SSSR count). The predicted octanol–water partition coefficient (Wildman–Crippen LogP) is 1.65. The van der Waals surface area contributed by atoms with Gasteiger partial charge >= 0.3 is 6.03 Å². The number of carbonyl (C=O) groups is 1. The van der Waals surface area contributed by atoms with Crippen LogP contribution >= 0.6 is 0 Å². The number of hydrogen-bond donors (Lipinski definition) is 2. The molecule has 1 aliphatic rings. The minimum Gasteiger partial charge on any atom is -0.497 e. The Kier molecular flexibility index (Phi) is 4.04. The van der Waals surface area contributed by atoms with Crippen LogP contribution in [-0.2, 0) is 0 Å². The number of urea groups is 1. The summed E-state index contributed by atoms with van der Waals surface area (Å²) in [5.74, 6) is 0.771. The topological polar surface area (TPSA) is 67.6 Å². The van der Waals surface area contributed by atoms with Crippen molar-refractivity contribution in [2.75, 3.05) is 25.5 Å². The van der Waals surface area contributed by atoms with E-state index < -0.39 is 0 Å². The van der Waals surface area contributed by atoms with Crippen molar-refractivity contribution in [3.05, 3.63) is 24.3 Å². The van der Waals surface area contributed by atoms with Crippen molar-refractivity contribution < 1.29 is 9.53 Å². The molecule has 1 heterocycles.